The number of hydrogen-bond donors (Lipinski definition) is 2. The van der Waals surface area contributed by atoms with Crippen LogP contribution >= 0.6 is 10.6 Å². The monoisotopic (exact) mass is 604 g/mol. The van der Waals surface area contributed by atoms with Gasteiger partial charge in [-0.1, -0.05) is 24.3 Å². The van der Waals surface area contributed by atoms with Gasteiger partial charge in [-0.3, -0.25) is 18.8 Å². The molecule has 1 aromatic heterocycles. The number of hydrogen-bond acceptors (Lipinski definition) is 7. The number of halogens is 3. The van der Waals surface area contributed by atoms with E-state index in [2.05, 4.69) is 10.00 Å². The molecule has 4 heterocycles. The number of fused-ring (bicyclic) bond motifs is 3. The fourth-order valence-electron chi connectivity index (χ4n) is 6.16. The molecule has 224 valence electrons. The van der Waals surface area contributed by atoms with Gasteiger partial charge in [0.25, 0.3) is 5.91 Å². The van der Waals surface area contributed by atoms with Gasteiger partial charge in [0.2, 0.25) is 0 Å². The second-order valence-electron chi connectivity index (χ2n) is 11.4. The number of carbonyl (C=O) groups excluding carboxylic acids is 1. The van der Waals surface area contributed by atoms with Crippen molar-refractivity contribution in [2.24, 2.45) is 0 Å². The zero-order chi connectivity index (χ0) is 29.3. The van der Waals surface area contributed by atoms with Crippen molar-refractivity contribution in [3.05, 3.63) is 64.8 Å². The highest BCUT2D eigenvalue weighted by molar-refractivity contribution is 8.23. The second kappa shape index (κ2) is 10.1. The zero-order valence-corrected chi connectivity index (χ0v) is 23.6. The Hall–Kier alpha value is -2.94. The first kappa shape index (κ1) is 27.9. The fraction of sp³-hybridized carbons (Fsp3) is 0.448. The van der Waals surface area contributed by atoms with E-state index in [1.165, 1.54) is 16.8 Å². The number of nitrogens with zero attached hydrogens (tertiary/aromatic N) is 4. The number of benzene rings is 2. The molecule has 0 atom stereocenters. The average molecular weight is 605 g/mol. The van der Waals surface area contributed by atoms with Gasteiger partial charge in [0.15, 0.2) is 5.69 Å². The lowest BCUT2D eigenvalue weighted by Gasteiger charge is -2.40. The highest BCUT2D eigenvalue weighted by Crippen LogP contribution is 2.63. The summed E-state index contributed by atoms with van der Waals surface area (Å²) in [7, 11) is -3.94. The summed E-state index contributed by atoms with van der Waals surface area (Å²) in [6.45, 7) is 4.86. The number of aromatic nitrogens is 2. The molecular weight excluding hydrogens is 573 g/mol. The molecule has 1 saturated carbocycles. The number of ether oxygens (including phenoxy) is 2. The molecule has 13 heteroatoms. The maximum absolute atomic E-state index is 14.1. The van der Waals surface area contributed by atoms with Gasteiger partial charge in [0.05, 0.1) is 59.6 Å². The highest BCUT2D eigenvalue weighted by Gasteiger charge is 2.50. The van der Waals surface area contributed by atoms with Crippen molar-refractivity contribution in [3.8, 4) is 16.9 Å². The topological polar surface area (TPSA) is 100 Å². The Morgan fingerprint density at radius 1 is 1.02 bits per heavy atom. The van der Waals surface area contributed by atoms with Crippen molar-refractivity contribution >= 4 is 16.5 Å². The van der Waals surface area contributed by atoms with E-state index < -0.39 is 38.9 Å². The molecule has 4 aliphatic rings. The minimum Gasteiger partial charge on any atom is -0.379 e. The molecule has 9 nitrogen and oxygen atoms in total. The van der Waals surface area contributed by atoms with Crippen LogP contribution in [-0.4, -0.2) is 86.2 Å². The molecule has 0 unspecified atom stereocenters. The third kappa shape index (κ3) is 4.91. The quantitative estimate of drug-likeness (QED) is 0.432. The predicted octanol–water partition coefficient (Wildman–Crippen LogP) is 5.02. The van der Waals surface area contributed by atoms with Gasteiger partial charge < -0.3 is 14.4 Å². The van der Waals surface area contributed by atoms with E-state index in [0.29, 0.717) is 38.6 Å². The highest BCUT2D eigenvalue weighted by atomic mass is 32.3. The molecule has 3 fully saturated rings. The van der Waals surface area contributed by atoms with Crippen LogP contribution < -0.4 is 0 Å². The van der Waals surface area contributed by atoms with Gasteiger partial charge >= 0.3 is 6.18 Å². The molecular formula is C29H31F3N4O5S. The van der Waals surface area contributed by atoms with E-state index in [1.807, 2.05) is 24.3 Å². The van der Waals surface area contributed by atoms with E-state index in [-0.39, 0.29) is 28.1 Å². The van der Waals surface area contributed by atoms with Gasteiger partial charge in [-0.25, -0.2) is 4.68 Å². The Bertz CT molecular complexity index is 1530. The number of amides is 1. The molecule has 42 heavy (non-hydrogen) atoms. The van der Waals surface area contributed by atoms with Crippen LogP contribution in [0.2, 0.25) is 0 Å². The van der Waals surface area contributed by atoms with Crippen molar-refractivity contribution in [3.63, 3.8) is 0 Å². The van der Waals surface area contributed by atoms with Crippen LogP contribution in [0.4, 0.5) is 13.2 Å². The SMILES string of the molecule is O=C(c1nn(-c2ccc(CN3CCOCC3)cc2)c2c1CS(O)(O)c1c-2cccc1C(F)(F)F)N1CCOC2(CC2)C1. The maximum atomic E-state index is 14.1. The van der Waals surface area contributed by atoms with Crippen LogP contribution in [0.25, 0.3) is 16.9 Å². The summed E-state index contributed by atoms with van der Waals surface area (Å²) in [5.41, 5.74) is 0.689. The van der Waals surface area contributed by atoms with Gasteiger partial charge in [0, 0.05) is 37.3 Å². The summed E-state index contributed by atoms with van der Waals surface area (Å²) in [4.78, 5) is 17.3. The lowest BCUT2D eigenvalue weighted by atomic mass is 10.0. The Morgan fingerprint density at radius 3 is 2.45 bits per heavy atom. The minimum atomic E-state index is -4.80. The largest absolute Gasteiger partial charge is 0.418 e. The number of rotatable bonds is 4. The molecule has 1 spiro atoms. The third-order valence-electron chi connectivity index (χ3n) is 8.47. The van der Waals surface area contributed by atoms with E-state index in [0.717, 1.165) is 44.1 Å². The van der Waals surface area contributed by atoms with E-state index in [1.54, 1.807) is 4.90 Å². The van der Waals surface area contributed by atoms with Crippen molar-refractivity contribution in [1.29, 1.82) is 0 Å². The van der Waals surface area contributed by atoms with Gasteiger partial charge in [-0.05, 0) is 36.6 Å². The summed E-state index contributed by atoms with van der Waals surface area (Å²) < 4.78 is 77.3. The summed E-state index contributed by atoms with van der Waals surface area (Å²) in [5, 5.41) is 4.67. The first-order chi connectivity index (χ1) is 20.0. The van der Waals surface area contributed by atoms with Crippen molar-refractivity contribution in [1.82, 2.24) is 19.6 Å². The van der Waals surface area contributed by atoms with E-state index in [9.17, 15) is 27.1 Å². The van der Waals surface area contributed by atoms with Crippen LogP contribution in [0.5, 0.6) is 0 Å². The first-order valence-electron chi connectivity index (χ1n) is 14.0. The summed E-state index contributed by atoms with van der Waals surface area (Å²) in [6.07, 6.45) is -3.09. The van der Waals surface area contributed by atoms with Gasteiger partial charge in [0.1, 0.15) is 0 Å². The van der Waals surface area contributed by atoms with Crippen LogP contribution in [0.3, 0.4) is 0 Å². The van der Waals surface area contributed by atoms with Gasteiger partial charge in [-0.2, -0.15) is 28.9 Å². The Morgan fingerprint density at radius 2 is 1.76 bits per heavy atom. The molecule has 2 aromatic carbocycles. The fourth-order valence-corrected chi connectivity index (χ4v) is 8.04. The molecule has 0 radical (unpaired) electrons. The molecule has 7 rings (SSSR count). The minimum absolute atomic E-state index is 0.00987. The van der Waals surface area contributed by atoms with Crippen LogP contribution in [0.15, 0.2) is 47.4 Å². The Labute approximate surface area is 242 Å². The second-order valence-corrected chi connectivity index (χ2v) is 13.4. The Balaban J connectivity index is 1.34. The number of morpholine rings is 2. The molecule has 2 N–H and O–H groups in total. The predicted molar refractivity (Wildman–Crippen MR) is 149 cm³/mol. The average Bonchev–Trinajstić information content (AvgIpc) is 3.60. The lowest BCUT2D eigenvalue weighted by molar-refractivity contribution is -0.139. The zero-order valence-electron chi connectivity index (χ0n) is 22.8. The molecule has 3 aromatic rings. The number of alkyl halides is 3. The first-order valence-corrected chi connectivity index (χ1v) is 15.7. The lowest BCUT2D eigenvalue weighted by Crippen LogP contribution is -2.47. The third-order valence-corrected chi connectivity index (χ3v) is 10.3. The van der Waals surface area contributed by atoms with Crippen molar-refractivity contribution in [2.45, 2.75) is 41.8 Å². The molecule has 1 aliphatic carbocycles. The maximum Gasteiger partial charge on any atom is 0.418 e. The van der Waals surface area contributed by atoms with Gasteiger partial charge in [-0.15, -0.1) is 0 Å². The molecule has 2 saturated heterocycles. The van der Waals surface area contributed by atoms with Crippen LogP contribution in [-0.2, 0) is 27.9 Å². The normalized spacial score (nSPS) is 22.0. The van der Waals surface area contributed by atoms with Crippen LogP contribution in [0, 0.1) is 0 Å². The van der Waals surface area contributed by atoms with Crippen molar-refractivity contribution < 1.29 is 36.5 Å². The molecule has 0 bridgehead atoms. The number of carbonyl (C=O) groups is 1. The van der Waals surface area contributed by atoms with Crippen LogP contribution in [0.1, 0.15) is 40.0 Å². The Kier molecular flexibility index (Phi) is 6.68. The standard InChI is InChI=1S/C29H31F3N4O5S/c30-29(31,32)23-3-1-2-21-25-22(17-42(38,39)26(21)23)24(27(37)35-12-15-41-28(18-35)8-9-28)33-36(25)20-6-4-19(5-7-20)16-34-10-13-40-14-11-34/h1-7,38-39H,8-18H2. The van der Waals surface area contributed by atoms with E-state index >= 15 is 0 Å². The smallest absolute Gasteiger partial charge is 0.379 e. The summed E-state index contributed by atoms with van der Waals surface area (Å²) >= 11 is 0. The molecule has 1 amide bonds. The van der Waals surface area contributed by atoms with Crippen molar-refractivity contribution in [2.75, 3.05) is 46.0 Å². The summed E-state index contributed by atoms with van der Waals surface area (Å²) in [6, 6.07) is 11.1. The molecule has 3 aliphatic heterocycles. The summed E-state index contributed by atoms with van der Waals surface area (Å²) in [5.74, 6) is -0.928. The van der Waals surface area contributed by atoms with E-state index in [4.69, 9.17) is 9.47 Å².